The van der Waals surface area contributed by atoms with Gasteiger partial charge in [0.15, 0.2) is 5.78 Å². The Kier molecular flexibility index (Phi) is 10.5. The summed E-state index contributed by atoms with van der Waals surface area (Å²) in [7, 11) is 0. The molecule has 4 heteroatoms. The third-order valence-corrected chi connectivity index (χ3v) is 6.96. The highest BCUT2D eigenvalue weighted by atomic mass is 32.2. The fourth-order valence-corrected chi connectivity index (χ4v) is 5.01. The lowest BCUT2D eigenvalue weighted by molar-refractivity contribution is -0.115. The van der Waals surface area contributed by atoms with Crippen molar-refractivity contribution in [1.29, 1.82) is 0 Å². The first kappa shape index (κ1) is 22.5. The molecule has 1 N–H and O–H groups in total. The van der Waals surface area contributed by atoms with Gasteiger partial charge in [0.25, 0.3) is 0 Å². The zero-order valence-electron chi connectivity index (χ0n) is 17.1. The molecule has 3 nitrogen and oxygen atoms in total. The van der Waals surface area contributed by atoms with Gasteiger partial charge < -0.3 is 5.11 Å². The van der Waals surface area contributed by atoms with Crippen molar-refractivity contribution in [3.05, 3.63) is 11.3 Å². The number of Topliss-reactive ketones (excluding diaryl/α,β-unsaturated/α-hetero) is 1. The Morgan fingerprint density at radius 3 is 2.00 bits per heavy atom. The summed E-state index contributed by atoms with van der Waals surface area (Å²) in [6.07, 6.45) is 19.0. The van der Waals surface area contributed by atoms with E-state index in [9.17, 15) is 14.7 Å². The van der Waals surface area contributed by atoms with Gasteiger partial charge in [-0.1, -0.05) is 95.7 Å². The number of rotatable bonds is 15. The summed E-state index contributed by atoms with van der Waals surface area (Å²) >= 11 is 1.00. The first-order chi connectivity index (χ1) is 13.1. The van der Waals surface area contributed by atoms with E-state index in [0.29, 0.717) is 6.42 Å². The average molecular weight is 395 g/mol. The Morgan fingerprint density at radius 2 is 1.44 bits per heavy atom. The predicted molar refractivity (Wildman–Crippen MR) is 114 cm³/mol. The Morgan fingerprint density at radius 1 is 0.889 bits per heavy atom. The maximum Gasteiger partial charge on any atom is 0.226 e. The van der Waals surface area contributed by atoms with Crippen molar-refractivity contribution in [1.82, 2.24) is 0 Å². The van der Waals surface area contributed by atoms with E-state index in [4.69, 9.17) is 0 Å². The van der Waals surface area contributed by atoms with Crippen molar-refractivity contribution in [2.24, 2.45) is 11.8 Å². The Bertz CT molecular complexity index is 494. The minimum Gasteiger partial charge on any atom is -0.511 e. The molecule has 154 valence electrons. The van der Waals surface area contributed by atoms with Crippen LogP contribution in [-0.2, 0) is 9.59 Å². The molecule has 0 bridgehead atoms. The summed E-state index contributed by atoms with van der Waals surface area (Å²) in [6.45, 7) is 2.27. The van der Waals surface area contributed by atoms with Gasteiger partial charge in [-0.3, -0.25) is 9.59 Å². The largest absolute Gasteiger partial charge is 0.511 e. The second-order valence-electron chi connectivity index (χ2n) is 8.44. The van der Waals surface area contributed by atoms with Gasteiger partial charge in [0.1, 0.15) is 11.3 Å². The van der Waals surface area contributed by atoms with Crippen LogP contribution < -0.4 is 0 Å². The smallest absolute Gasteiger partial charge is 0.226 e. The summed E-state index contributed by atoms with van der Waals surface area (Å²) in [4.78, 5) is 23.1. The number of ketones is 1. The molecular weight excluding hydrogens is 356 g/mol. The maximum absolute atomic E-state index is 11.6. The summed E-state index contributed by atoms with van der Waals surface area (Å²) < 4.78 is 0. The predicted octanol–water partition coefficient (Wildman–Crippen LogP) is 6.76. The van der Waals surface area contributed by atoms with Crippen LogP contribution in [0, 0.1) is 11.8 Å². The van der Waals surface area contributed by atoms with Crippen LogP contribution in [0.3, 0.4) is 0 Å². The minimum absolute atomic E-state index is 0.0190. The number of allylic oxidation sites excluding steroid dienone is 1. The molecular formula is C23H38O3S. The van der Waals surface area contributed by atoms with Crippen LogP contribution in [0.2, 0.25) is 0 Å². The first-order valence-electron chi connectivity index (χ1n) is 11.3. The molecule has 0 radical (unpaired) electrons. The minimum atomic E-state index is -0.252. The molecule has 1 aliphatic heterocycles. The standard InChI is InChI=1S/C23H38O3S/c1-2-3-4-5-7-10-13-18-16-19(18)14-11-8-6-9-12-15-20(24)22-21(25)17-27-23(22)26/h18-19,24H,2-17H2,1H3/b22-20+. The third-order valence-electron chi connectivity index (χ3n) is 6.09. The zero-order valence-corrected chi connectivity index (χ0v) is 18.0. The average Bonchev–Trinajstić information content (AvgIpc) is 3.31. The molecule has 0 amide bonds. The number of hydrogen-bond acceptors (Lipinski definition) is 4. The van der Waals surface area contributed by atoms with E-state index in [-0.39, 0.29) is 28.0 Å². The topological polar surface area (TPSA) is 54.4 Å². The number of carbonyl (C=O) groups is 2. The lowest BCUT2D eigenvalue weighted by Crippen LogP contribution is -2.05. The summed E-state index contributed by atoms with van der Waals surface area (Å²) in [6, 6.07) is 0. The van der Waals surface area contributed by atoms with Gasteiger partial charge in [0.2, 0.25) is 5.12 Å². The molecule has 2 rings (SSSR count). The van der Waals surface area contributed by atoms with Crippen LogP contribution in [0.4, 0.5) is 0 Å². The van der Waals surface area contributed by atoms with Gasteiger partial charge in [-0.25, -0.2) is 0 Å². The molecule has 1 saturated carbocycles. The Labute approximate surface area is 169 Å². The van der Waals surface area contributed by atoms with E-state index in [1.54, 1.807) is 0 Å². The van der Waals surface area contributed by atoms with Gasteiger partial charge in [-0.2, -0.15) is 0 Å². The van der Waals surface area contributed by atoms with E-state index in [1.165, 1.54) is 77.0 Å². The van der Waals surface area contributed by atoms with Crippen LogP contribution in [-0.4, -0.2) is 21.8 Å². The van der Waals surface area contributed by atoms with E-state index in [0.717, 1.165) is 36.4 Å². The Balaban J connectivity index is 1.40. The van der Waals surface area contributed by atoms with Crippen molar-refractivity contribution in [2.45, 2.75) is 103 Å². The fourth-order valence-electron chi connectivity index (χ4n) is 4.23. The van der Waals surface area contributed by atoms with Crippen molar-refractivity contribution < 1.29 is 14.7 Å². The van der Waals surface area contributed by atoms with Crippen molar-refractivity contribution >= 4 is 22.7 Å². The number of hydrogen-bond donors (Lipinski definition) is 1. The van der Waals surface area contributed by atoms with Crippen LogP contribution in [0.15, 0.2) is 11.3 Å². The molecule has 2 atom stereocenters. The molecule has 1 heterocycles. The molecule has 1 aliphatic carbocycles. The van der Waals surface area contributed by atoms with Crippen molar-refractivity contribution in [3.8, 4) is 0 Å². The lowest BCUT2D eigenvalue weighted by Gasteiger charge is -2.04. The van der Waals surface area contributed by atoms with Crippen LogP contribution in [0.1, 0.15) is 103 Å². The molecule has 0 spiro atoms. The molecule has 0 aromatic carbocycles. The zero-order chi connectivity index (χ0) is 19.5. The molecule has 27 heavy (non-hydrogen) atoms. The molecule has 2 aliphatic rings. The fraction of sp³-hybridized carbons (Fsp3) is 0.826. The van der Waals surface area contributed by atoms with Gasteiger partial charge in [-0.05, 0) is 24.7 Å². The Hall–Kier alpha value is -0.770. The second-order valence-corrected chi connectivity index (χ2v) is 9.39. The number of unbranched alkanes of at least 4 members (excludes halogenated alkanes) is 9. The highest BCUT2D eigenvalue weighted by Crippen LogP contribution is 2.45. The number of carbonyl (C=O) groups excluding carboxylic acids is 2. The second kappa shape index (κ2) is 12.6. The summed E-state index contributed by atoms with van der Waals surface area (Å²) in [5, 5.41) is 9.71. The van der Waals surface area contributed by atoms with Crippen LogP contribution in [0.25, 0.3) is 0 Å². The highest BCUT2D eigenvalue weighted by molar-refractivity contribution is 8.15. The van der Waals surface area contributed by atoms with Crippen LogP contribution >= 0.6 is 11.8 Å². The van der Waals surface area contributed by atoms with E-state index in [2.05, 4.69) is 6.92 Å². The van der Waals surface area contributed by atoms with E-state index >= 15 is 0 Å². The van der Waals surface area contributed by atoms with E-state index in [1.807, 2.05) is 0 Å². The van der Waals surface area contributed by atoms with E-state index < -0.39 is 0 Å². The first-order valence-corrected chi connectivity index (χ1v) is 12.2. The number of thioether (sulfide) groups is 1. The SMILES string of the molecule is CCCCCCCCC1CC1CCCCCCC/C(O)=C1/C(=O)CSC1=O. The maximum atomic E-state index is 11.6. The van der Waals surface area contributed by atoms with Crippen molar-refractivity contribution in [3.63, 3.8) is 0 Å². The monoisotopic (exact) mass is 394 g/mol. The quantitative estimate of drug-likeness (QED) is 0.144. The summed E-state index contributed by atoms with van der Waals surface area (Å²) in [5.74, 6) is 2.04. The normalized spacial score (nSPS) is 23.9. The van der Waals surface area contributed by atoms with Gasteiger partial charge in [-0.15, -0.1) is 0 Å². The summed E-state index contributed by atoms with van der Waals surface area (Å²) in [5.41, 5.74) is 0.0603. The lowest BCUT2D eigenvalue weighted by atomic mass is 10.0. The molecule has 2 fully saturated rings. The van der Waals surface area contributed by atoms with Crippen molar-refractivity contribution in [2.75, 3.05) is 5.75 Å². The molecule has 1 saturated heterocycles. The third kappa shape index (κ3) is 8.41. The van der Waals surface area contributed by atoms with Gasteiger partial charge >= 0.3 is 0 Å². The van der Waals surface area contributed by atoms with Gasteiger partial charge in [0.05, 0.1) is 5.75 Å². The van der Waals surface area contributed by atoms with Crippen LogP contribution in [0.5, 0.6) is 0 Å². The van der Waals surface area contributed by atoms with Gasteiger partial charge in [0, 0.05) is 6.42 Å². The molecule has 2 unspecified atom stereocenters. The number of aliphatic hydroxyl groups excluding tert-OH is 1. The molecule has 0 aromatic rings. The molecule has 0 aromatic heterocycles. The number of aliphatic hydroxyl groups is 1. The highest BCUT2D eigenvalue weighted by Gasteiger charge is 2.35.